The molecule has 0 aliphatic heterocycles. The van der Waals surface area contributed by atoms with Crippen molar-refractivity contribution in [1.29, 1.82) is 0 Å². The second-order valence-electron chi connectivity index (χ2n) is 4.04. The summed E-state index contributed by atoms with van der Waals surface area (Å²) in [6.45, 7) is 8.49. The van der Waals surface area contributed by atoms with Crippen molar-refractivity contribution in [2.75, 3.05) is 13.6 Å². The van der Waals surface area contributed by atoms with Gasteiger partial charge in [-0.3, -0.25) is 4.79 Å². The van der Waals surface area contributed by atoms with Crippen molar-refractivity contribution >= 4 is 5.91 Å². The van der Waals surface area contributed by atoms with Crippen molar-refractivity contribution in [2.45, 2.75) is 33.7 Å². The number of carbonyl (C=O) groups excluding carboxylic acids is 1. The Morgan fingerprint density at radius 2 is 1.92 bits per heavy atom. The molecule has 0 aromatic carbocycles. The van der Waals surface area contributed by atoms with Crippen molar-refractivity contribution in [1.82, 2.24) is 10.6 Å². The first-order valence-corrected chi connectivity index (χ1v) is 4.35. The Bertz CT molecular complexity index is 153. The highest BCUT2D eigenvalue weighted by Gasteiger charge is 2.26. The monoisotopic (exact) mass is 172 g/mol. The SMILES string of the molecule is CNCC(C)(C)C(=O)NC(C)C. The van der Waals surface area contributed by atoms with E-state index >= 15 is 0 Å². The fourth-order valence-corrected chi connectivity index (χ4v) is 0.980. The molecule has 0 unspecified atom stereocenters. The van der Waals surface area contributed by atoms with Crippen LogP contribution in [-0.2, 0) is 4.79 Å². The van der Waals surface area contributed by atoms with Gasteiger partial charge in [-0.1, -0.05) is 0 Å². The first-order valence-electron chi connectivity index (χ1n) is 4.35. The third kappa shape index (κ3) is 3.72. The van der Waals surface area contributed by atoms with Crippen LogP contribution in [0.4, 0.5) is 0 Å². The average molecular weight is 172 g/mol. The predicted molar refractivity (Wildman–Crippen MR) is 51.0 cm³/mol. The highest BCUT2D eigenvalue weighted by Crippen LogP contribution is 2.13. The number of rotatable bonds is 4. The first kappa shape index (κ1) is 11.4. The van der Waals surface area contributed by atoms with Gasteiger partial charge in [-0.2, -0.15) is 0 Å². The minimum Gasteiger partial charge on any atom is -0.353 e. The smallest absolute Gasteiger partial charge is 0.227 e. The Hall–Kier alpha value is -0.570. The van der Waals surface area contributed by atoms with Gasteiger partial charge in [0.25, 0.3) is 0 Å². The fraction of sp³-hybridized carbons (Fsp3) is 0.889. The molecule has 0 spiro atoms. The number of nitrogens with one attached hydrogen (secondary N) is 2. The van der Waals surface area contributed by atoms with Crippen LogP contribution < -0.4 is 10.6 Å². The average Bonchev–Trinajstić information content (AvgIpc) is 1.85. The largest absolute Gasteiger partial charge is 0.353 e. The third-order valence-corrected chi connectivity index (χ3v) is 1.65. The van der Waals surface area contributed by atoms with E-state index in [-0.39, 0.29) is 17.4 Å². The van der Waals surface area contributed by atoms with E-state index in [2.05, 4.69) is 10.6 Å². The molecule has 0 aliphatic rings. The molecule has 0 bridgehead atoms. The molecule has 72 valence electrons. The summed E-state index contributed by atoms with van der Waals surface area (Å²) in [5.41, 5.74) is -0.320. The molecule has 0 saturated heterocycles. The van der Waals surface area contributed by atoms with E-state index in [1.165, 1.54) is 0 Å². The number of amides is 1. The molecule has 0 saturated carbocycles. The number of carbonyl (C=O) groups is 1. The Kier molecular flexibility index (Phi) is 4.24. The Morgan fingerprint density at radius 1 is 1.42 bits per heavy atom. The molecule has 1 amide bonds. The minimum atomic E-state index is -0.320. The second kappa shape index (κ2) is 4.45. The molecule has 0 radical (unpaired) electrons. The van der Waals surface area contributed by atoms with Gasteiger partial charge < -0.3 is 10.6 Å². The highest BCUT2D eigenvalue weighted by molar-refractivity contribution is 5.82. The maximum Gasteiger partial charge on any atom is 0.227 e. The van der Waals surface area contributed by atoms with E-state index in [1.807, 2.05) is 34.7 Å². The summed E-state index contributed by atoms with van der Waals surface area (Å²) in [6, 6.07) is 0.216. The van der Waals surface area contributed by atoms with Gasteiger partial charge in [0, 0.05) is 12.6 Å². The van der Waals surface area contributed by atoms with Gasteiger partial charge >= 0.3 is 0 Å². The number of hydrogen-bond donors (Lipinski definition) is 2. The van der Waals surface area contributed by atoms with Crippen molar-refractivity contribution in [2.24, 2.45) is 5.41 Å². The number of hydrogen-bond acceptors (Lipinski definition) is 2. The zero-order chi connectivity index (χ0) is 9.78. The predicted octanol–water partition coefficient (Wildman–Crippen LogP) is 0.757. The summed E-state index contributed by atoms with van der Waals surface area (Å²) >= 11 is 0. The molecule has 0 atom stereocenters. The molecular formula is C9H20N2O. The summed E-state index contributed by atoms with van der Waals surface area (Å²) in [5, 5.41) is 5.89. The molecule has 0 fully saturated rings. The van der Waals surface area contributed by atoms with E-state index in [0.717, 1.165) is 0 Å². The zero-order valence-corrected chi connectivity index (χ0v) is 8.69. The van der Waals surface area contributed by atoms with Crippen LogP contribution in [0.2, 0.25) is 0 Å². The van der Waals surface area contributed by atoms with Crippen molar-refractivity contribution in [3.8, 4) is 0 Å². The minimum absolute atomic E-state index is 0.104. The van der Waals surface area contributed by atoms with Crippen LogP contribution in [0.25, 0.3) is 0 Å². The topological polar surface area (TPSA) is 41.1 Å². The van der Waals surface area contributed by atoms with Gasteiger partial charge in [-0.15, -0.1) is 0 Å². The van der Waals surface area contributed by atoms with E-state index in [4.69, 9.17) is 0 Å². The molecule has 0 rings (SSSR count). The van der Waals surface area contributed by atoms with E-state index in [0.29, 0.717) is 6.54 Å². The second-order valence-corrected chi connectivity index (χ2v) is 4.04. The highest BCUT2D eigenvalue weighted by atomic mass is 16.2. The lowest BCUT2D eigenvalue weighted by atomic mass is 9.92. The lowest BCUT2D eigenvalue weighted by Gasteiger charge is -2.24. The molecule has 3 heteroatoms. The van der Waals surface area contributed by atoms with Crippen LogP contribution in [-0.4, -0.2) is 25.5 Å². The van der Waals surface area contributed by atoms with Crippen molar-refractivity contribution in [3.63, 3.8) is 0 Å². The van der Waals surface area contributed by atoms with E-state index in [9.17, 15) is 4.79 Å². The van der Waals surface area contributed by atoms with E-state index in [1.54, 1.807) is 0 Å². The van der Waals surface area contributed by atoms with Gasteiger partial charge in [0.2, 0.25) is 5.91 Å². The maximum absolute atomic E-state index is 11.5. The van der Waals surface area contributed by atoms with Crippen LogP contribution in [0, 0.1) is 5.41 Å². The quantitative estimate of drug-likeness (QED) is 0.657. The molecule has 2 N–H and O–H groups in total. The van der Waals surface area contributed by atoms with Gasteiger partial charge in [-0.25, -0.2) is 0 Å². The van der Waals surface area contributed by atoms with Gasteiger partial charge in [0.15, 0.2) is 0 Å². The Morgan fingerprint density at radius 3 is 2.25 bits per heavy atom. The Labute approximate surface area is 74.9 Å². The standard InChI is InChI=1S/C9H20N2O/c1-7(2)11-8(12)9(3,4)6-10-5/h7,10H,6H2,1-5H3,(H,11,12). The van der Waals surface area contributed by atoms with Crippen LogP contribution in [0.5, 0.6) is 0 Å². The van der Waals surface area contributed by atoms with Crippen LogP contribution >= 0.6 is 0 Å². The van der Waals surface area contributed by atoms with Gasteiger partial charge in [0.1, 0.15) is 0 Å². The molecule has 0 aliphatic carbocycles. The van der Waals surface area contributed by atoms with E-state index < -0.39 is 0 Å². The summed E-state index contributed by atoms with van der Waals surface area (Å²) in [5.74, 6) is 0.104. The molecule has 0 aromatic rings. The normalized spacial score (nSPS) is 11.8. The third-order valence-electron chi connectivity index (χ3n) is 1.65. The van der Waals surface area contributed by atoms with Crippen LogP contribution in [0.3, 0.4) is 0 Å². The first-order chi connectivity index (χ1) is 5.40. The van der Waals surface area contributed by atoms with Crippen LogP contribution in [0.1, 0.15) is 27.7 Å². The lowest BCUT2D eigenvalue weighted by Crippen LogP contribution is -2.45. The lowest BCUT2D eigenvalue weighted by molar-refractivity contribution is -0.129. The summed E-state index contributed by atoms with van der Waals surface area (Å²) in [4.78, 5) is 11.5. The fourth-order valence-electron chi connectivity index (χ4n) is 0.980. The summed E-state index contributed by atoms with van der Waals surface area (Å²) in [6.07, 6.45) is 0. The molecule has 0 aromatic heterocycles. The van der Waals surface area contributed by atoms with Crippen molar-refractivity contribution in [3.05, 3.63) is 0 Å². The molecular weight excluding hydrogens is 152 g/mol. The van der Waals surface area contributed by atoms with Gasteiger partial charge in [-0.05, 0) is 34.7 Å². The maximum atomic E-state index is 11.5. The van der Waals surface area contributed by atoms with Crippen LogP contribution in [0.15, 0.2) is 0 Å². The molecule has 0 heterocycles. The summed E-state index contributed by atoms with van der Waals surface area (Å²) in [7, 11) is 1.85. The molecule has 12 heavy (non-hydrogen) atoms. The van der Waals surface area contributed by atoms with Crippen molar-refractivity contribution < 1.29 is 4.79 Å². The molecule has 3 nitrogen and oxygen atoms in total. The van der Waals surface area contributed by atoms with Gasteiger partial charge in [0.05, 0.1) is 5.41 Å². The Balaban J connectivity index is 4.06. The summed E-state index contributed by atoms with van der Waals surface area (Å²) < 4.78 is 0. The zero-order valence-electron chi connectivity index (χ0n) is 8.69.